The van der Waals surface area contributed by atoms with E-state index in [4.69, 9.17) is 0 Å². The van der Waals surface area contributed by atoms with Crippen LogP contribution in [-0.2, 0) is 0 Å². The van der Waals surface area contributed by atoms with Crippen molar-refractivity contribution >= 4 is 16.5 Å². The summed E-state index contributed by atoms with van der Waals surface area (Å²) in [4.78, 5) is 5.88. The summed E-state index contributed by atoms with van der Waals surface area (Å²) >= 11 is 1.78. The lowest BCUT2D eigenvalue weighted by Gasteiger charge is -2.28. The summed E-state index contributed by atoms with van der Waals surface area (Å²) in [6.45, 7) is 6.54. The Morgan fingerprint density at radius 3 is 2.50 bits per heavy atom. The molecule has 0 bridgehead atoms. The Hall–Kier alpha value is -0.570. The van der Waals surface area contributed by atoms with Crippen molar-refractivity contribution in [3.8, 4) is 0 Å². The SMILES string of the molecule is Cc1nc(NC(C)C2CCCCC2)sc1C. The number of thiazole rings is 1. The Labute approximate surface area is 102 Å². The standard InChI is InChI=1S/C13H22N2S/c1-9-11(3)16-13(14-9)15-10(2)12-7-5-4-6-8-12/h10,12H,4-8H2,1-3H3,(H,14,15). The van der Waals surface area contributed by atoms with Gasteiger partial charge in [-0.15, -0.1) is 11.3 Å². The molecule has 1 unspecified atom stereocenters. The number of aromatic nitrogens is 1. The maximum Gasteiger partial charge on any atom is 0.183 e. The Kier molecular flexibility index (Phi) is 3.85. The molecule has 1 heterocycles. The highest BCUT2D eigenvalue weighted by Gasteiger charge is 2.20. The molecule has 1 atom stereocenters. The summed E-state index contributed by atoms with van der Waals surface area (Å²) in [6.07, 6.45) is 7.02. The molecule has 1 aliphatic rings. The minimum atomic E-state index is 0.574. The fourth-order valence-corrected chi connectivity index (χ4v) is 3.39. The lowest BCUT2D eigenvalue weighted by Crippen LogP contribution is -2.27. The highest BCUT2D eigenvalue weighted by Crippen LogP contribution is 2.29. The molecule has 0 amide bonds. The van der Waals surface area contributed by atoms with E-state index in [-0.39, 0.29) is 0 Å². The van der Waals surface area contributed by atoms with E-state index in [9.17, 15) is 0 Å². The zero-order chi connectivity index (χ0) is 11.5. The molecule has 2 rings (SSSR count). The number of nitrogens with zero attached hydrogens (tertiary/aromatic N) is 1. The third kappa shape index (κ3) is 2.76. The second-order valence-electron chi connectivity index (χ2n) is 4.99. The third-order valence-electron chi connectivity index (χ3n) is 3.74. The molecule has 1 aromatic rings. The molecule has 3 heteroatoms. The van der Waals surface area contributed by atoms with Gasteiger partial charge in [-0.2, -0.15) is 0 Å². The first-order valence-electron chi connectivity index (χ1n) is 6.37. The number of nitrogens with one attached hydrogen (secondary N) is 1. The van der Waals surface area contributed by atoms with Gasteiger partial charge in [0.1, 0.15) is 0 Å². The van der Waals surface area contributed by atoms with Crippen molar-refractivity contribution in [3.63, 3.8) is 0 Å². The van der Waals surface area contributed by atoms with Gasteiger partial charge in [-0.05, 0) is 39.5 Å². The fourth-order valence-electron chi connectivity index (χ4n) is 2.48. The smallest absolute Gasteiger partial charge is 0.183 e. The fraction of sp³-hybridized carbons (Fsp3) is 0.769. The minimum Gasteiger partial charge on any atom is -0.359 e. The van der Waals surface area contributed by atoms with E-state index in [0.29, 0.717) is 6.04 Å². The van der Waals surface area contributed by atoms with Crippen LogP contribution in [0.2, 0.25) is 0 Å². The molecule has 0 aliphatic heterocycles. The van der Waals surface area contributed by atoms with Gasteiger partial charge in [0.15, 0.2) is 5.13 Å². The van der Waals surface area contributed by atoms with Crippen LogP contribution in [0.15, 0.2) is 0 Å². The highest BCUT2D eigenvalue weighted by molar-refractivity contribution is 7.15. The number of hydrogen-bond donors (Lipinski definition) is 1. The predicted octanol–water partition coefficient (Wildman–Crippen LogP) is 4.14. The van der Waals surface area contributed by atoms with Crippen molar-refractivity contribution in [2.75, 3.05) is 5.32 Å². The third-order valence-corrected chi connectivity index (χ3v) is 4.74. The molecule has 1 aromatic heterocycles. The lowest BCUT2D eigenvalue weighted by atomic mass is 9.85. The Balaban J connectivity index is 1.93. The summed E-state index contributed by atoms with van der Waals surface area (Å²) < 4.78 is 0. The second kappa shape index (κ2) is 5.17. The average Bonchev–Trinajstić information content (AvgIpc) is 2.59. The highest BCUT2D eigenvalue weighted by atomic mass is 32.1. The summed E-state index contributed by atoms with van der Waals surface area (Å²) in [7, 11) is 0. The molecule has 0 saturated heterocycles. The van der Waals surface area contributed by atoms with Crippen molar-refractivity contribution in [3.05, 3.63) is 10.6 Å². The van der Waals surface area contributed by atoms with E-state index < -0.39 is 0 Å². The molecular formula is C13H22N2S. The normalized spacial score (nSPS) is 19.7. The maximum atomic E-state index is 4.55. The van der Waals surface area contributed by atoms with Crippen LogP contribution in [-0.4, -0.2) is 11.0 Å². The second-order valence-corrected chi connectivity index (χ2v) is 6.19. The topological polar surface area (TPSA) is 24.9 Å². The van der Waals surface area contributed by atoms with Crippen molar-refractivity contribution in [1.82, 2.24) is 4.98 Å². The van der Waals surface area contributed by atoms with Crippen LogP contribution in [0.25, 0.3) is 0 Å². The van der Waals surface area contributed by atoms with Gasteiger partial charge >= 0.3 is 0 Å². The van der Waals surface area contributed by atoms with E-state index in [2.05, 4.69) is 31.1 Å². The summed E-state index contributed by atoms with van der Waals surface area (Å²) in [5, 5.41) is 4.69. The molecule has 1 N–H and O–H groups in total. The van der Waals surface area contributed by atoms with Gasteiger partial charge < -0.3 is 5.32 Å². The number of hydrogen-bond acceptors (Lipinski definition) is 3. The van der Waals surface area contributed by atoms with Crippen molar-refractivity contribution in [2.24, 2.45) is 5.92 Å². The van der Waals surface area contributed by atoms with Crippen LogP contribution >= 0.6 is 11.3 Å². The van der Waals surface area contributed by atoms with Gasteiger partial charge in [-0.3, -0.25) is 0 Å². The van der Waals surface area contributed by atoms with Crippen LogP contribution in [0.3, 0.4) is 0 Å². The van der Waals surface area contributed by atoms with Crippen molar-refractivity contribution in [1.29, 1.82) is 0 Å². The molecule has 1 aliphatic carbocycles. The van der Waals surface area contributed by atoms with Gasteiger partial charge in [0, 0.05) is 10.9 Å². The van der Waals surface area contributed by atoms with Gasteiger partial charge in [0.25, 0.3) is 0 Å². The molecule has 0 aromatic carbocycles. The molecule has 1 saturated carbocycles. The van der Waals surface area contributed by atoms with Gasteiger partial charge in [0.2, 0.25) is 0 Å². The van der Waals surface area contributed by atoms with Crippen LogP contribution in [0.5, 0.6) is 0 Å². The van der Waals surface area contributed by atoms with E-state index in [1.54, 1.807) is 11.3 Å². The Morgan fingerprint density at radius 1 is 1.25 bits per heavy atom. The van der Waals surface area contributed by atoms with E-state index in [1.165, 1.54) is 42.7 Å². The molecule has 0 spiro atoms. The van der Waals surface area contributed by atoms with Crippen LogP contribution < -0.4 is 5.32 Å². The molecule has 0 radical (unpaired) electrons. The minimum absolute atomic E-state index is 0.574. The zero-order valence-electron chi connectivity index (χ0n) is 10.5. The van der Waals surface area contributed by atoms with Crippen molar-refractivity contribution in [2.45, 2.75) is 58.9 Å². The quantitative estimate of drug-likeness (QED) is 0.856. The summed E-state index contributed by atoms with van der Waals surface area (Å²) in [5.74, 6) is 0.846. The Morgan fingerprint density at radius 2 is 1.94 bits per heavy atom. The zero-order valence-corrected chi connectivity index (χ0v) is 11.4. The van der Waals surface area contributed by atoms with E-state index >= 15 is 0 Å². The van der Waals surface area contributed by atoms with E-state index in [0.717, 1.165) is 11.0 Å². The molecule has 1 fully saturated rings. The molecule has 90 valence electrons. The number of aryl methyl sites for hydroxylation is 2. The van der Waals surface area contributed by atoms with Crippen LogP contribution in [0.4, 0.5) is 5.13 Å². The average molecular weight is 238 g/mol. The molecule has 16 heavy (non-hydrogen) atoms. The van der Waals surface area contributed by atoms with Crippen molar-refractivity contribution < 1.29 is 0 Å². The van der Waals surface area contributed by atoms with Gasteiger partial charge in [-0.1, -0.05) is 19.3 Å². The molecular weight excluding hydrogens is 216 g/mol. The lowest BCUT2D eigenvalue weighted by molar-refractivity contribution is 0.328. The summed E-state index contributed by atoms with van der Waals surface area (Å²) in [6, 6.07) is 0.574. The maximum absolute atomic E-state index is 4.55. The summed E-state index contributed by atoms with van der Waals surface area (Å²) in [5.41, 5.74) is 1.17. The van der Waals surface area contributed by atoms with Gasteiger partial charge in [-0.25, -0.2) is 4.98 Å². The number of anilines is 1. The first kappa shape index (κ1) is 11.9. The Bertz CT molecular complexity index is 320. The predicted molar refractivity (Wildman–Crippen MR) is 71.2 cm³/mol. The van der Waals surface area contributed by atoms with Crippen LogP contribution in [0, 0.1) is 19.8 Å². The van der Waals surface area contributed by atoms with Crippen LogP contribution in [0.1, 0.15) is 49.6 Å². The number of rotatable bonds is 3. The first-order chi connectivity index (χ1) is 7.66. The van der Waals surface area contributed by atoms with Gasteiger partial charge in [0.05, 0.1) is 5.69 Å². The van der Waals surface area contributed by atoms with E-state index in [1.807, 2.05) is 0 Å². The first-order valence-corrected chi connectivity index (χ1v) is 7.19. The monoisotopic (exact) mass is 238 g/mol. The largest absolute Gasteiger partial charge is 0.359 e. The molecule has 2 nitrogen and oxygen atoms in total.